The van der Waals surface area contributed by atoms with Crippen molar-refractivity contribution in [3.8, 4) is 17.2 Å². The Morgan fingerprint density at radius 3 is 2.59 bits per heavy atom. The van der Waals surface area contributed by atoms with Gasteiger partial charge in [0.2, 0.25) is 5.43 Å². The fraction of sp³-hybridized carbons (Fsp3) is 0.355. The highest BCUT2D eigenvalue weighted by Gasteiger charge is 2.31. The second-order valence-electron chi connectivity index (χ2n) is 11.0. The lowest BCUT2D eigenvalue weighted by Gasteiger charge is -2.27. The number of amides is 1. The lowest BCUT2D eigenvalue weighted by atomic mass is 10.0. The van der Waals surface area contributed by atoms with Crippen LogP contribution in [0.3, 0.4) is 0 Å². The van der Waals surface area contributed by atoms with Crippen LogP contribution in [-0.2, 0) is 0 Å². The summed E-state index contributed by atoms with van der Waals surface area (Å²) in [6.07, 6.45) is 6.65. The van der Waals surface area contributed by atoms with Gasteiger partial charge in [0.05, 0.1) is 11.1 Å². The molecule has 0 radical (unpaired) electrons. The number of halogens is 1. The lowest BCUT2D eigenvalue weighted by molar-refractivity contribution is 0.0791. The number of hydrogen-bond acceptors (Lipinski definition) is 5. The van der Waals surface area contributed by atoms with Gasteiger partial charge in [-0.25, -0.2) is 4.39 Å². The average Bonchev–Trinajstić information content (AvgIpc) is 3.62. The molecular formula is C31H31FN4O3. The Labute approximate surface area is 225 Å². The molecule has 0 saturated carbocycles. The largest absolute Gasteiger partial charge is 0.451 e. The number of aromatic nitrogens is 1. The van der Waals surface area contributed by atoms with Crippen molar-refractivity contribution in [1.82, 2.24) is 14.4 Å². The molecule has 1 amide bonds. The third kappa shape index (κ3) is 3.97. The third-order valence-corrected chi connectivity index (χ3v) is 8.57. The number of likely N-dealkylation sites (tertiary alicyclic amines) is 2. The number of ether oxygens (including phenoxy) is 1. The van der Waals surface area contributed by atoms with Gasteiger partial charge in [0.1, 0.15) is 16.8 Å². The molecule has 2 fully saturated rings. The number of rotatable bonds is 5. The van der Waals surface area contributed by atoms with Crippen molar-refractivity contribution in [2.45, 2.75) is 38.1 Å². The van der Waals surface area contributed by atoms with Crippen molar-refractivity contribution in [2.75, 3.05) is 38.5 Å². The second-order valence-corrected chi connectivity index (χ2v) is 11.0. The van der Waals surface area contributed by atoms with E-state index in [9.17, 15) is 9.59 Å². The molecular weight excluding hydrogens is 495 g/mol. The van der Waals surface area contributed by atoms with Crippen molar-refractivity contribution in [3.63, 3.8) is 0 Å². The minimum absolute atomic E-state index is 0.0562. The van der Waals surface area contributed by atoms with Crippen LogP contribution in [0.2, 0.25) is 0 Å². The van der Waals surface area contributed by atoms with Crippen LogP contribution in [0.15, 0.2) is 53.5 Å². The molecule has 3 aromatic carbocycles. The summed E-state index contributed by atoms with van der Waals surface area (Å²) in [7, 11) is 2.13. The highest BCUT2D eigenvalue weighted by Crippen LogP contribution is 2.46. The van der Waals surface area contributed by atoms with Crippen LogP contribution >= 0.6 is 0 Å². The van der Waals surface area contributed by atoms with Crippen LogP contribution in [0, 0.1) is 5.82 Å². The number of benzene rings is 3. The molecule has 0 aliphatic carbocycles. The number of anilines is 1. The van der Waals surface area contributed by atoms with Crippen LogP contribution in [0.25, 0.3) is 27.4 Å². The lowest BCUT2D eigenvalue weighted by Crippen LogP contribution is -2.33. The van der Waals surface area contributed by atoms with E-state index >= 15 is 4.39 Å². The minimum atomic E-state index is -0.559. The van der Waals surface area contributed by atoms with Crippen LogP contribution in [0.5, 0.6) is 11.5 Å². The van der Waals surface area contributed by atoms with Crippen molar-refractivity contribution in [2.24, 2.45) is 0 Å². The summed E-state index contributed by atoms with van der Waals surface area (Å²) in [5.41, 5.74) is 1.02. The number of carbonyl (C=O) groups excluding carboxylic acids is 1. The van der Waals surface area contributed by atoms with Gasteiger partial charge in [-0.1, -0.05) is 24.3 Å². The molecule has 3 aliphatic heterocycles. The zero-order chi connectivity index (χ0) is 26.7. The van der Waals surface area contributed by atoms with Crippen molar-refractivity contribution < 1.29 is 13.9 Å². The Kier molecular flexibility index (Phi) is 5.81. The van der Waals surface area contributed by atoms with Gasteiger partial charge in [0.25, 0.3) is 5.91 Å². The zero-order valence-electron chi connectivity index (χ0n) is 22.0. The van der Waals surface area contributed by atoms with Crippen molar-refractivity contribution in [1.29, 1.82) is 0 Å². The van der Waals surface area contributed by atoms with Gasteiger partial charge in [-0.2, -0.15) is 0 Å². The first-order valence-corrected chi connectivity index (χ1v) is 13.9. The summed E-state index contributed by atoms with van der Waals surface area (Å²) in [5, 5.41) is 5.42. The van der Waals surface area contributed by atoms with Crippen LogP contribution in [0.1, 0.15) is 42.5 Å². The SMILES string of the molecule is CN1CCCC1CCNc1c(F)cc2c(=O)c(C(=O)N3CCCC3)cn3c2c1Oc1cc2ccccc2cc1-3. The predicted octanol–water partition coefficient (Wildman–Crippen LogP) is 5.52. The maximum Gasteiger partial charge on any atom is 0.259 e. The van der Waals surface area contributed by atoms with Gasteiger partial charge in [-0.15, -0.1) is 0 Å². The van der Waals surface area contributed by atoms with E-state index in [2.05, 4.69) is 17.3 Å². The van der Waals surface area contributed by atoms with E-state index < -0.39 is 11.2 Å². The van der Waals surface area contributed by atoms with E-state index in [0.717, 1.165) is 43.0 Å². The first kappa shape index (κ1) is 24.2. The topological polar surface area (TPSA) is 66.8 Å². The van der Waals surface area contributed by atoms with E-state index in [1.54, 1.807) is 11.1 Å². The summed E-state index contributed by atoms with van der Waals surface area (Å²) in [4.78, 5) is 31.2. The number of pyridine rings is 1. The molecule has 2 saturated heterocycles. The molecule has 4 aromatic rings. The summed E-state index contributed by atoms with van der Waals surface area (Å²) in [6, 6.07) is 13.6. The Balaban J connectivity index is 1.40. The molecule has 8 heteroatoms. The second kappa shape index (κ2) is 9.38. The van der Waals surface area contributed by atoms with Crippen molar-refractivity contribution >= 4 is 33.3 Å². The average molecular weight is 527 g/mol. The first-order chi connectivity index (χ1) is 19.0. The molecule has 0 bridgehead atoms. The molecule has 0 spiro atoms. The Bertz CT molecular complexity index is 1690. The molecule has 3 aliphatic rings. The maximum absolute atomic E-state index is 15.7. The number of hydrogen-bond donors (Lipinski definition) is 1. The van der Waals surface area contributed by atoms with Crippen LogP contribution in [-0.4, -0.2) is 59.5 Å². The Morgan fingerprint density at radius 2 is 1.85 bits per heavy atom. The standard InChI is InChI=1S/C31H31FN4O3/c1-34-12-6-9-21(34)10-11-33-27-24(32)17-22-28-30(27)39-26-16-20-8-3-2-7-19(20)15-25(26)36(28)18-23(29(22)37)31(38)35-13-4-5-14-35/h2-3,7-8,15-18,21,33H,4-6,9-14H2,1H3. The number of nitrogens with one attached hydrogen (secondary N) is 1. The van der Waals surface area contributed by atoms with Crippen LogP contribution in [0.4, 0.5) is 10.1 Å². The molecule has 200 valence electrons. The molecule has 39 heavy (non-hydrogen) atoms. The smallest absolute Gasteiger partial charge is 0.259 e. The molecule has 7 nitrogen and oxygen atoms in total. The summed E-state index contributed by atoms with van der Waals surface area (Å²) in [6.45, 7) is 2.91. The van der Waals surface area contributed by atoms with Gasteiger partial charge in [0.15, 0.2) is 17.3 Å². The fourth-order valence-electron chi connectivity index (χ4n) is 6.42. The maximum atomic E-state index is 15.7. The summed E-state index contributed by atoms with van der Waals surface area (Å²) < 4.78 is 24.0. The zero-order valence-corrected chi connectivity index (χ0v) is 22.0. The van der Waals surface area contributed by atoms with Gasteiger partial charge in [-0.05, 0) is 74.7 Å². The molecule has 1 atom stereocenters. The van der Waals surface area contributed by atoms with Gasteiger partial charge >= 0.3 is 0 Å². The number of fused-ring (bicyclic) bond motifs is 3. The summed E-state index contributed by atoms with van der Waals surface area (Å²) >= 11 is 0. The van der Waals surface area contributed by atoms with Gasteiger partial charge in [-0.3, -0.25) is 9.59 Å². The highest BCUT2D eigenvalue weighted by molar-refractivity contribution is 6.02. The first-order valence-electron chi connectivity index (χ1n) is 13.9. The quantitative estimate of drug-likeness (QED) is 0.327. The van der Waals surface area contributed by atoms with Crippen LogP contribution < -0.4 is 15.5 Å². The minimum Gasteiger partial charge on any atom is -0.451 e. The van der Waals surface area contributed by atoms with E-state index in [4.69, 9.17) is 4.74 Å². The van der Waals surface area contributed by atoms with E-state index in [0.29, 0.717) is 42.6 Å². The molecule has 7 rings (SSSR count). The van der Waals surface area contributed by atoms with Gasteiger partial charge < -0.3 is 24.4 Å². The number of carbonyl (C=O) groups is 1. The van der Waals surface area contributed by atoms with E-state index in [1.165, 1.54) is 12.5 Å². The monoisotopic (exact) mass is 526 g/mol. The highest BCUT2D eigenvalue weighted by atomic mass is 19.1. The Morgan fingerprint density at radius 1 is 1.08 bits per heavy atom. The molecule has 1 N–H and O–H groups in total. The Hall–Kier alpha value is -3.91. The third-order valence-electron chi connectivity index (χ3n) is 8.57. The fourth-order valence-corrected chi connectivity index (χ4v) is 6.42. The van der Waals surface area contributed by atoms with E-state index in [1.807, 2.05) is 41.0 Å². The predicted molar refractivity (Wildman–Crippen MR) is 151 cm³/mol. The van der Waals surface area contributed by atoms with Gasteiger partial charge in [0, 0.05) is 31.9 Å². The summed E-state index contributed by atoms with van der Waals surface area (Å²) in [5.74, 6) is -0.0301. The molecule has 1 aromatic heterocycles. The number of nitrogens with zero attached hydrogens (tertiary/aromatic N) is 3. The van der Waals surface area contributed by atoms with Crippen molar-refractivity contribution in [3.05, 3.63) is 70.3 Å². The molecule has 1 unspecified atom stereocenters. The van der Waals surface area contributed by atoms with E-state index in [-0.39, 0.29) is 28.3 Å². The molecule has 4 heterocycles. The normalized spacial score (nSPS) is 18.5.